The molecule has 1 heterocycles. The van der Waals surface area contributed by atoms with Crippen molar-refractivity contribution in [1.82, 2.24) is 9.62 Å². The van der Waals surface area contributed by atoms with Crippen molar-refractivity contribution in [3.05, 3.63) is 17.7 Å². The quantitative estimate of drug-likeness (QED) is 0.771. The molecule has 2 N–H and O–H groups in total. The van der Waals surface area contributed by atoms with E-state index < -0.39 is 16.1 Å². The molecule has 28 heavy (non-hydrogen) atoms. The fourth-order valence-corrected chi connectivity index (χ4v) is 4.94. The van der Waals surface area contributed by atoms with Crippen molar-refractivity contribution in [2.24, 2.45) is 0 Å². The second kappa shape index (κ2) is 8.08. The maximum absolute atomic E-state index is 13.0. The van der Waals surface area contributed by atoms with Gasteiger partial charge in [-0.1, -0.05) is 19.3 Å². The minimum Gasteiger partial charge on any atom is -0.479 e. The smallest absolute Gasteiger partial charge is 0.265 e. The van der Waals surface area contributed by atoms with Gasteiger partial charge in [0.25, 0.3) is 5.91 Å². The molecule has 1 fully saturated rings. The van der Waals surface area contributed by atoms with Gasteiger partial charge in [-0.05, 0) is 38.3 Å². The van der Waals surface area contributed by atoms with E-state index in [0.29, 0.717) is 17.0 Å². The van der Waals surface area contributed by atoms with Gasteiger partial charge in [0.05, 0.1) is 17.1 Å². The zero-order chi connectivity index (χ0) is 20.5. The number of ether oxygens (including phenoxy) is 1. The lowest BCUT2D eigenvalue weighted by atomic mass is 9.95. The van der Waals surface area contributed by atoms with Crippen molar-refractivity contribution in [2.45, 2.75) is 63.0 Å². The Morgan fingerprint density at radius 2 is 1.96 bits per heavy atom. The lowest BCUT2D eigenvalue weighted by Gasteiger charge is -2.26. The highest BCUT2D eigenvalue weighted by molar-refractivity contribution is 7.89. The number of likely N-dealkylation sites (N-methyl/N-ethyl adjacent to an activating group) is 1. The Labute approximate surface area is 165 Å². The summed E-state index contributed by atoms with van der Waals surface area (Å²) in [6.07, 6.45) is 4.52. The van der Waals surface area contributed by atoms with Crippen molar-refractivity contribution in [3.63, 3.8) is 0 Å². The molecule has 9 heteroatoms. The van der Waals surface area contributed by atoms with Crippen LogP contribution in [0.3, 0.4) is 0 Å². The number of rotatable bonds is 5. The fourth-order valence-electron chi connectivity index (χ4n) is 3.60. The van der Waals surface area contributed by atoms with Crippen molar-refractivity contribution < 1.29 is 22.7 Å². The van der Waals surface area contributed by atoms with Gasteiger partial charge in [-0.15, -0.1) is 0 Å². The third-order valence-corrected chi connectivity index (χ3v) is 7.18. The molecule has 0 radical (unpaired) electrons. The number of carbonyl (C=O) groups is 2. The van der Waals surface area contributed by atoms with Crippen LogP contribution in [0.2, 0.25) is 0 Å². The first-order valence-electron chi connectivity index (χ1n) is 9.56. The summed E-state index contributed by atoms with van der Waals surface area (Å²) in [5, 5.41) is 5.63. The molecule has 0 aromatic heterocycles. The van der Waals surface area contributed by atoms with Crippen molar-refractivity contribution in [1.29, 1.82) is 0 Å². The van der Waals surface area contributed by atoms with Gasteiger partial charge < -0.3 is 15.4 Å². The number of carbonyl (C=O) groups excluding carboxylic acids is 2. The van der Waals surface area contributed by atoms with Crippen LogP contribution in [0.15, 0.2) is 17.0 Å². The average Bonchev–Trinajstić information content (AvgIpc) is 2.63. The molecule has 0 spiro atoms. The summed E-state index contributed by atoms with van der Waals surface area (Å²) in [6.45, 7) is 2.99. The zero-order valence-corrected chi connectivity index (χ0v) is 17.3. The molecule has 1 aromatic carbocycles. The van der Waals surface area contributed by atoms with Gasteiger partial charge in [-0.3, -0.25) is 9.59 Å². The SMILES string of the molecule is Cc1cc2c(cc1S(=O)(=O)N(C)CC(=O)NC1CCCCC1)O[C@@H](C)C(=O)N2. The molecule has 2 amide bonds. The molecule has 1 aliphatic carbocycles. The monoisotopic (exact) mass is 409 g/mol. The van der Waals surface area contributed by atoms with E-state index in [0.717, 1.165) is 30.0 Å². The van der Waals surface area contributed by atoms with Crippen molar-refractivity contribution in [3.8, 4) is 5.75 Å². The Kier molecular flexibility index (Phi) is 5.95. The molecular weight excluding hydrogens is 382 g/mol. The summed E-state index contributed by atoms with van der Waals surface area (Å²) in [6, 6.07) is 3.11. The van der Waals surface area contributed by atoms with Crippen molar-refractivity contribution in [2.75, 3.05) is 18.9 Å². The first-order chi connectivity index (χ1) is 13.2. The van der Waals surface area contributed by atoms with E-state index in [9.17, 15) is 18.0 Å². The second-order valence-electron chi connectivity index (χ2n) is 7.53. The standard InChI is InChI=1S/C19H27N3O5S/c1-12-9-15-16(27-13(2)19(24)21-15)10-17(12)28(25,26)22(3)11-18(23)20-14-7-5-4-6-8-14/h9-10,13-14H,4-8,11H2,1-3H3,(H,20,23)(H,21,24)/t13-/m0/s1. The molecule has 1 saturated carbocycles. The van der Waals surface area contributed by atoms with E-state index in [1.165, 1.54) is 19.5 Å². The molecule has 8 nitrogen and oxygen atoms in total. The lowest BCUT2D eigenvalue weighted by Crippen LogP contribution is -2.43. The van der Waals surface area contributed by atoms with E-state index >= 15 is 0 Å². The van der Waals surface area contributed by atoms with Crippen LogP contribution in [0, 0.1) is 6.92 Å². The highest BCUT2D eigenvalue weighted by Gasteiger charge is 2.30. The van der Waals surface area contributed by atoms with Gasteiger partial charge in [0.2, 0.25) is 15.9 Å². The Bertz CT molecular complexity index is 878. The van der Waals surface area contributed by atoms with E-state index in [-0.39, 0.29) is 29.3 Å². The van der Waals surface area contributed by atoms with Gasteiger partial charge in [-0.2, -0.15) is 4.31 Å². The van der Waals surface area contributed by atoms with Crippen molar-refractivity contribution >= 4 is 27.5 Å². The minimum absolute atomic E-state index is 0.0579. The van der Waals surface area contributed by atoms with Crippen LogP contribution in [0.4, 0.5) is 5.69 Å². The third kappa shape index (κ3) is 4.30. The lowest BCUT2D eigenvalue weighted by molar-refractivity contribution is -0.123. The number of hydrogen-bond donors (Lipinski definition) is 2. The number of fused-ring (bicyclic) bond motifs is 1. The summed E-state index contributed by atoms with van der Waals surface area (Å²) in [7, 11) is -2.50. The molecule has 1 atom stereocenters. The Morgan fingerprint density at radius 3 is 2.64 bits per heavy atom. The van der Waals surface area contributed by atoms with Crippen LogP contribution in [0.25, 0.3) is 0 Å². The van der Waals surface area contributed by atoms with E-state index in [4.69, 9.17) is 4.74 Å². The van der Waals surface area contributed by atoms with Crippen LogP contribution < -0.4 is 15.4 Å². The van der Waals surface area contributed by atoms with Gasteiger partial charge in [0.1, 0.15) is 5.75 Å². The topological polar surface area (TPSA) is 105 Å². The van der Waals surface area contributed by atoms with Crippen LogP contribution in [0.5, 0.6) is 5.75 Å². The van der Waals surface area contributed by atoms with Crippen LogP contribution in [-0.2, 0) is 19.6 Å². The third-order valence-electron chi connectivity index (χ3n) is 5.23. The normalized spacial score (nSPS) is 20.3. The van der Waals surface area contributed by atoms with E-state index in [2.05, 4.69) is 10.6 Å². The maximum atomic E-state index is 13.0. The highest BCUT2D eigenvalue weighted by Crippen LogP contribution is 2.35. The number of nitrogens with zero attached hydrogens (tertiary/aromatic N) is 1. The number of sulfonamides is 1. The summed E-state index contributed by atoms with van der Waals surface area (Å²) in [5.41, 5.74) is 0.911. The highest BCUT2D eigenvalue weighted by atomic mass is 32.2. The molecule has 1 aliphatic heterocycles. The Balaban J connectivity index is 1.75. The summed E-state index contributed by atoms with van der Waals surface area (Å²) in [5.74, 6) is -0.277. The first-order valence-corrected chi connectivity index (χ1v) is 11.0. The Hall–Kier alpha value is -2.13. The number of anilines is 1. The van der Waals surface area contributed by atoms with E-state index in [1.54, 1.807) is 19.9 Å². The van der Waals surface area contributed by atoms with Gasteiger partial charge in [-0.25, -0.2) is 8.42 Å². The summed E-state index contributed by atoms with van der Waals surface area (Å²) >= 11 is 0. The van der Waals surface area contributed by atoms with Crippen LogP contribution in [-0.4, -0.2) is 50.3 Å². The largest absolute Gasteiger partial charge is 0.479 e. The molecule has 3 rings (SSSR count). The maximum Gasteiger partial charge on any atom is 0.265 e. The number of benzene rings is 1. The molecule has 0 bridgehead atoms. The molecule has 0 saturated heterocycles. The number of amides is 2. The molecule has 0 unspecified atom stereocenters. The minimum atomic E-state index is -3.89. The first kappa shape index (κ1) is 20.6. The molecule has 2 aliphatic rings. The summed E-state index contributed by atoms with van der Waals surface area (Å²) < 4.78 is 32.6. The van der Waals surface area contributed by atoms with E-state index in [1.807, 2.05) is 0 Å². The second-order valence-corrected chi connectivity index (χ2v) is 9.54. The Morgan fingerprint density at radius 1 is 1.29 bits per heavy atom. The van der Waals surface area contributed by atoms with Crippen LogP contribution in [0.1, 0.15) is 44.6 Å². The number of aryl methyl sites for hydroxylation is 1. The number of hydrogen-bond acceptors (Lipinski definition) is 5. The van der Waals surface area contributed by atoms with Gasteiger partial charge in [0, 0.05) is 19.2 Å². The fraction of sp³-hybridized carbons (Fsp3) is 0.579. The number of nitrogens with one attached hydrogen (secondary N) is 2. The van der Waals surface area contributed by atoms with Crippen LogP contribution >= 0.6 is 0 Å². The van der Waals surface area contributed by atoms with Gasteiger partial charge >= 0.3 is 0 Å². The van der Waals surface area contributed by atoms with Gasteiger partial charge in [0.15, 0.2) is 6.10 Å². The predicted octanol–water partition coefficient (Wildman–Crippen LogP) is 1.78. The zero-order valence-electron chi connectivity index (χ0n) is 16.4. The average molecular weight is 410 g/mol. The molecule has 1 aromatic rings. The molecule has 154 valence electrons. The predicted molar refractivity (Wildman–Crippen MR) is 105 cm³/mol. The molecular formula is C19H27N3O5S. The summed E-state index contributed by atoms with van der Waals surface area (Å²) in [4.78, 5) is 24.1.